The number of hydrogen-bond donors (Lipinski definition) is 0. The van der Waals surface area contributed by atoms with E-state index in [4.69, 9.17) is 0 Å². The van der Waals surface area contributed by atoms with Crippen molar-refractivity contribution in [1.82, 2.24) is 0 Å². The average molecular weight is 512 g/mol. The standard InChI is InChI=1S/C12H13.C10H12SSi.2ClH.Zr/c1-9(2)12-7-10-5-3-4-6-11(10)8-12;1-6-9-7-4-5-11-8(7)10(6)12(9,2)3;;;/h3-9H,1-2H3;4-5,9H,1-3H3;2*1H;/q-1;;;;+3/p-2. The number of hydrogen-bond acceptors (Lipinski definition) is 1. The maximum absolute atomic E-state index is 2.51. The van der Waals surface area contributed by atoms with E-state index in [1.165, 1.54) is 16.3 Å². The topological polar surface area (TPSA) is 0 Å². The first-order chi connectivity index (χ1) is 11.4. The van der Waals surface area contributed by atoms with Crippen LogP contribution in [0.15, 0.2) is 53.4 Å². The quantitative estimate of drug-likeness (QED) is 0.339. The first-order valence-corrected chi connectivity index (χ1v) is 12.8. The molecule has 1 aromatic heterocycles. The minimum atomic E-state index is -0.972. The van der Waals surface area contributed by atoms with E-state index >= 15 is 0 Å². The van der Waals surface area contributed by atoms with Gasteiger partial charge in [0.2, 0.25) is 0 Å². The second kappa shape index (κ2) is 9.18. The number of thiophene rings is 1. The fraction of sp³-hybridized carbons (Fsp3) is 0.318. The Morgan fingerprint density at radius 2 is 1.74 bits per heavy atom. The number of benzene rings is 1. The van der Waals surface area contributed by atoms with Gasteiger partial charge >= 0.3 is 26.2 Å². The zero-order valence-corrected chi connectivity index (χ0v) is 22.2. The summed E-state index contributed by atoms with van der Waals surface area (Å²) in [4.78, 5) is 1.63. The van der Waals surface area contributed by atoms with E-state index in [0.717, 1.165) is 5.54 Å². The van der Waals surface area contributed by atoms with Gasteiger partial charge in [-0.2, -0.15) is 6.07 Å². The van der Waals surface area contributed by atoms with Gasteiger partial charge in [0.05, 0.1) is 8.07 Å². The van der Waals surface area contributed by atoms with E-state index in [-0.39, 0.29) is 51.0 Å². The van der Waals surface area contributed by atoms with Crippen LogP contribution < -0.4 is 24.8 Å². The molecule has 0 saturated carbocycles. The van der Waals surface area contributed by atoms with Crippen LogP contribution in [0.2, 0.25) is 13.1 Å². The maximum atomic E-state index is 2.51. The van der Waals surface area contributed by atoms with Crippen molar-refractivity contribution in [3.05, 3.63) is 69.4 Å². The summed E-state index contributed by atoms with van der Waals surface area (Å²) in [6, 6.07) is 15.4. The third-order valence-electron chi connectivity index (χ3n) is 5.73. The number of rotatable bonds is 1. The van der Waals surface area contributed by atoms with Gasteiger partial charge in [0.1, 0.15) is 0 Å². The summed E-state index contributed by atoms with van der Waals surface area (Å²) < 4.78 is 0. The molecular weight excluding hydrogens is 487 g/mol. The van der Waals surface area contributed by atoms with Crippen molar-refractivity contribution in [1.29, 1.82) is 0 Å². The van der Waals surface area contributed by atoms with Gasteiger partial charge in [0, 0.05) is 10.4 Å². The van der Waals surface area contributed by atoms with Crippen LogP contribution in [0.1, 0.15) is 48.2 Å². The Hall–Kier alpha value is -0.0500. The minimum absolute atomic E-state index is 0. The van der Waals surface area contributed by atoms with E-state index in [1.54, 1.807) is 21.2 Å². The van der Waals surface area contributed by atoms with E-state index in [0.29, 0.717) is 5.92 Å². The van der Waals surface area contributed by atoms with Crippen molar-refractivity contribution in [2.75, 3.05) is 0 Å². The van der Waals surface area contributed by atoms with Gasteiger partial charge in [-0.05, 0) is 35.0 Å². The van der Waals surface area contributed by atoms with Gasteiger partial charge in [-0.3, -0.25) is 0 Å². The van der Waals surface area contributed by atoms with Crippen molar-refractivity contribution in [2.45, 2.75) is 45.3 Å². The monoisotopic (exact) mass is 509 g/mol. The molecule has 1 unspecified atom stereocenters. The molecule has 0 fully saturated rings. The molecule has 3 heterocycles. The van der Waals surface area contributed by atoms with Crippen molar-refractivity contribution < 1.29 is 51.0 Å². The maximum Gasteiger partial charge on any atom is 3.00 e. The molecule has 0 nitrogen and oxygen atoms in total. The number of allylic oxidation sites excluding steroid dienone is 1. The molecule has 0 amide bonds. The van der Waals surface area contributed by atoms with Crippen molar-refractivity contribution in [3.8, 4) is 0 Å². The fourth-order valence-electron chi connectivity index (χ4n) is 4.61. The van der Waals surface area contributed by atoms with Gasteiger partial charge < -0.3 is 24.8 Å². The molecule has 0 N–H and O–H groups in total. The zero-order valence-electron chi connectivity index (χ0n) is 16.4. The smallest absolute Gasteiger partial charge is 1.00 e. The molecule has 1 aliphatic carbocycles. The normalized spacial score (nSPS) is 17.8. The SMILES string of the molecule is CC(C)c1cc2ccccc2[cH-]1.CC1=C2c3sccc3C1[Si]2(C)C.[Cl-].[Cl-].[Zr+3]. The fourth-order valence-corrected chi connectivity index (χ4v) is 10.8. The summed E-state index contributed by atoms with van der Waals surface area (Å²) in [6.45, 7) is 11.8. The second-order valence-corrected chi connectivity index (χ2v) is 13.4. The third-order valence-corrected chi connectivity index (χ3v) is 11.0. The summed E-state index contributed by atoms with van der Waals surface area (Å²) in [6.07, 6.45) is 0. The molecule has 3 aliphatic rings. The molecule has 5 heteroatoms. The van der Waals surface area contributed by atoms with Gasteiger partial charge in [0.25, 0.3) is 0 Å². The van der Waals surface area contributed by atoms with E-state index in [2.05, 4.69) is 81.7 Å². The molecule has 6 rings (SSSR count). The Kier molecular flexibility index (Phi) is 8.50. The minimum Gasteiger partial charge on any atom is -1.00 e. The van der Waals surface area contributed by atoms with E-state index in [1.807, 2.05) is 11.3 Å². The summed E-state index contributed by atoms with van der Waals surface area (Å²) in [5.74, 6) is 0.636. The van der Waals surface area contributed by atoms with Gasteiger partial charge in [0.15, 0.2) is 0 Å². The summed E-state index contributed by atoms with van der Waals surface area (Å²) in [5, 5.41) is 6.74. The van der Waals surface area contributed by atoms with Crippen LogP contribution in [0.5, 0.6) is 0 Å². The van der Waals surface area contributed by atoms with Crippen LogP contribution in [-0.2, 0) is 26.2 Å². The zero-order chi connectivity index (χ0) is 17.1. The van der Waals surface area contributed by atoms with Crippen molar-refractivity contribution in [2.24, 2.45) is 0 Å². The summed E-state index contributed by atoms with van der Waals surface area (Å²) in [5.41, 5.74) is 5.67. The molecule has 27 heavy (non-hydrogen) atoms. The molecule has 2 bridgehead atoms. The molecule has 2 aliphatic heterocycles. The third kappa shape index (κ3) is 4.01. The van der Waals surface area contributed by atoms with Crippen molar-refractivity contribution >= 4 is 35.4 Å². The molecule has 0 spiro atoms. The Morgan fingerprint density at radius 1 is 1.07 bits per heavy atom. The van der Waals surface area contributed by atoms with Crippen LogP contribution in [-0.4, -0.2) is 8.07 Å². The molecule has 141 valence electrons. The first-order valence-electron chi connectivity index (χ1n) is 8.85. The summed E-state index contributed by atoms with van der Waals surface area (Å²) >= 11 is 1.94. The molecule has 1 radical (unpaired) electrons. The van der Waals surface area contributed by atoms with E-state index in [9.17, 15) is 0 Å². The van der Waals surface area contributed by atoms with Crippen molar-refractivity contribution in [3.63, 3.8) is 0 Å². The average Bonchev–Trinajstić information content (AvgIpc) is 3.22. The number of fused-ring (bicyclic) bond motifs is 1. The second-order valence-electron chi connectivity index (χ2n) is 7.99. The van der Waals surface area contributed by atoms with Gasteiger partial charge in [-0.1, -0.05) is 38.6 Å². The number of halogens is 2. The van der Waals surface area contributed by atoms with Crippen LogP contribution in [0.3, 0.4) is 0 Å². The largest absolute Gasteiger partial charge is 3.00 e. The Morgan fingerprint density at radius 3 is 2.30 bits per heavy atom. The first kappa shape index (κ1) is 25.0. The Bertz CT molecular complexity index is 919. The Labute approximate surface area is 199 Å². The van der Waals surface area contributed by atoms with Gasteiger partial charge in [-0.15, -0.1) is 51.9 Å². The molecule has 2 aromatic carbocycles. The van der Waals surface area contributed by atoms with Crippen LogP contribution >= 0.6 is 11.3 Å². The molecule has 1 atom stereocenters. The van der Waals surface area contributed by atoms with Crippen LogP contribution in [0, 0.1) is 0 Å². The van der Waals surface area contributed by atoms with Crippen LogP contribution in [0.25, 0.3) is 16.0 Å². The molecular formula is C22H25Cl2SSiZr. The predicted octanol–water partition coefficient (Wildman–Crippen LogP) is 1.11. The van der Waals surface area contributed by atoms with Crippen LogP contribution in [0.4, 0.5) is 0 Å². The molecule has 0 saturated heterocycles. The van der Waals surface area contributed by atoms with E-state index < -0.39 is 8.07 Å². The predicted molar refractivity (Wildman–Crippen MR) is 111 cm³/mol. The Balaban J connectivity index is 0.000000243. The molecule has 3 aromatic rings. The van der Waals surface area contributed by atoms with Gasteiger partial charge in [-0.25, -0.2) is 0 Å². The summed E-state index contributed by atoms with van der Waals surface area (Å²) in [7, 11) is -0.972.